The summed E-state index contributed by atoms with van der Waals surface area (Å²) in [6.07, 6.45) is 2.50. The van der Waals surface area contributed by atoms with Crippen LogP contribution in [0.15, 0.2) is 54.6 Å². The third-order valence-corrected chi connectivity index (χ3v) is 4.47. The van der Waals surface area contributed by atoms with Crippen molar-refractivity contribution in [1.29, 1.82) is 0 Å². The Morgan fingerprint density at radius 2 is 1.87 bits per heavy atom. The number of benzene rings is 2. The molecule has 3 nitrogen and oxygen atoms in total. The van der Waals surface area contributed by atoms with Crippen molar-refractivity contribution in [3.05, 3.63) is 65.7 Å². The second-order valence-electron chi connectivity index (χ2n) is 5.84. The van der Waals surface area contributed by atoms with Crippen LogP contribution in [-0.4, -0.2) is 24.0 Å². The van der Waals surface area contributed by atoms with E-state index in [2.05, 4.69) is 31.2 Å². The van der Waals surface area contributed by atoms with E-state index in [9.17, 15) is 4.79 Å². The van der Waals surface area contributed by atoms with Crippen LogP contribution in [0.25, 0.3) is 0 Å². The van der Waals surface area contributed by atoms with Gasteiger partial charge in [-0.15, -0.1) is 0 Å². The summed E-state index contributed by atoms with van der Waals surface area (Å²) in [7, 11) is 0. The Labute approximate surface area is 137 Å². The minimum atomic E-state index is 0.171. The van der Waals surface area contributed by atoms with E-state index in [0.29, 0.717) is 13.0 Å². The Balaban J connectivity index is 1.59. The highest BCUT2D eigenvalue weighted by atomic mass is 16.5. The number of amides is 1. The molecule has 0 N–H and O–H groups in total. The number of carbonyl (C=O) groups is 1. The number of hydrogen-bond donors (Lipinski definition) is 0. The SMILES string of the molecule is CCN(C(=O)CCOc1ccccc1)C1CCc2ccccc21. The molecule has 0 saturated carbocycles. The summed E-state index contributed by atoms with van der Waals surface area (Å²) in [6, 6.07) is 18.3. The average Bonchev–Trinajstić information content (AvgIpc) is 3.01. The first kappa shape index (κ1) is 15.6. The molecule has 3 rings (SSSR count). The minimum absolute atomic E-state index is 0.171. The van der Waals surface area contributed by atoms with Crippen molar-refractivity contribution in [3.8, 4) is 5.75 Å². The normalized spacial score (nSPS) is 16.0. The van der Waals surface area contributed by atoms with Crippen molar-refractivity contribution in [2.75, 3.05) is 13.2 Å². The summed E-state index contributed by atoms with van der Waals surface area (Å²) in [6.45, 7) is 3.22. The molecule has 1 aliphatic rings. The van der Waals surface area contributed by atoms with Crippen LogP contribution >= 0.6 is 0 Å². The molecule has 0 aromatic heterocycles. The zero-order valence-electron chi connectivity index (χ0n) is 13.6. The molecular formula is C20H23NO2. The third-order valence-electron chi connectivity index (χ3n) is 4.47. The second kappa shape index (κ2) is 7.32. The summed E-state index contributed by atoms with van der Waals surface area (Å²) >= 11 is 0. The van der Waals surface area contributed by atoms with Crippen molar-refractivity contribution in [2.45, 2.75) is 32.2 Å². The Bertz CT molecular complexity index is 654. The summed E-state index contributed by atoms with van der Waals surface area (Å²) < 4.78 is 5.66. The van der Waals surface area contributed by atoms with Gasteiger partial charge in [0.15, 0.2) is 0 Å². The van der Waals surface area contributed by atoms with Gasteiger partial charge >= 0.3 is 0 Å². The number of hydrogen-bond acceptors (Lipinski definition) is 2. The summed E-state index contributed by atoms with van der Waals surface area (Å²) in [5.41, 5.74) is 2.69. The van der Waals surface area contributed by atoms with E-state index >= 15 is 0 Å². The van der Waals surface area contributed by atoms with E-state index in [1.807, 2.05) is 35.2 Å². The van der Waals surface area contributed by atoms with Gasteiger partial charge in [-0.25, -0.2) is 0 Å². The smallest absolute Gasteiger partial charge is 0.226 e. The molecule has 0 radical (unpaired) electrons. The van der Waals surface area contributed by atoms with Gasteiger partial charge in [0, 0.05) is 6.54 Å². The summed E-state index contributed by atoms with van der Waals surface area (Å²) in [4.78, 5) is 14.6. The van der Waals surface area contributed by atoms with E-state index in [1.54, 1.807) is 0 Å². The number of aryl methyl sites for hydroxylation is 1. The lowest BCUT2D eigenvalue weighted by Crippen LogP contribution is -2.34. The molecule has 0 spiro atoms. The first-order valence-electron chi connectivity index (χ1n) is 8.34. The quantitative estimate of drug-likeness (QED) is 0.807. The average molecular weight is 309 g/mol. The molecule has 2 aromatic carbocycles. The monoisotopic (exact) mass is 309 g/mol. The number of carbonyl (C=O) groups excluding carboxylic acids is 1. The number of nitrogens with zero attached hydrogens (tertiary/aromatic N) is 1. The molecule has 3 heteroatoms. The van der Waals surface area contributed by atoms with Crippen molar-refractivity contribution < 1.29 is 9.53 Å². The largest absolute Gasteiger partial charge is 0.493 e. The lowest BCUT2D eigenvalue weighted by atomic mass is 10.1. The molecule has 23 heavy (non-hydrogen) atoms. The first-order valence-corrected chi connectivity index (χ1v) is 8.34. The van der Waals surface area contributed by atoms with Gasteiger partial charge in [0.05, 0.1) is 19.1 Å². The van der Waals surface area contributed by atoms with Gasteiger partial charge < -0.3 is 9.64 Å². The maximum absolute atomic E-state index is 12.6. The van der Waals surface area contributed by atoms with Crippen LogP contribution in [0.3, 0.4) is 0 Å². The zero-order valence-corrected chi connectivity index (χ0v) is 13.6. The maximum atomic E-state index is 12.6. The Morgan fingerprint density at radius 3 is 2.65 bits per heavy atom. The fraction of sp³-hybridized carbons (Fsp3) is 0.350. The molecule has 0 saturated heterocycles. The van der Waals surface area contributed by atoms with E-state index in [4.69, 9.17) is 4.74 Å². The van der Waals surface area contributed by atoms with Crippen LogP contribution < -0.4 is 4.74 Å². The standard InChI is InChI=1S/C20H23NO2/c1-2-21(19-13-12-16-8-6-7-11-18(16)19)20(22)14-15-23-17-9-4-3-5-10-17/h3-11,19H,2,12-15H2,1H3. The molecule has 1 amide bonds. The fourth-order valence-electron chi connectivity index (χ4n) is 3.35. The third kappa shape index (κ3) is 3.55. The van der Waals surface area contributed by atoms with Crippen molar-refractivity contribution >= 4 is 5.91 Å². The molecule has 0 heterocycles. The number of para-hydroxylation sites is 1. The molecule has 0 fully saturated rings. The van der Waals surface area contributed by atoms with Crippen molar-refractivity contribution in [2.24, 2.45) is 0 Å². The van der Waals surface area contributed by atoms with Gasteiger partial charge in [-0.3, -0.25) is 4.79 Å². The van der Waals surface area contributed by atoms with E-state index in [0.717, 1.165) is 25.1 Å². The molecule has 2 aromatic rings. The Kier molecular flexibility index (Phi) is 4.96. The topological polar surface area (TPSA) is 29.5 Å². The second-order valence-corrected chi connectivity index (χ2v) is 5.84. The highest BCUT2D eigenvalue weighted by Crippen LogP contribution is 2.35. The molecule has 1 atom stereocenters. The van der Waals surface area contributed by atoms with Crippen LogP contribution in [0, 0.1) is 0 Å². The van der Waals surface area contributed by atoms with Crippen LogP contribution in [0.2, 0.25) is 0 Å². The number of ether oxygens (including phenoxy) is 1. The van der Waals surface area contributed by atoms with E-state index in [1.165, 1.54) is 11.1 Å². The van der Waals surface area contributed by atoms with Crippen LogP contribution in [0.1, 0.15) is 36.9 Å². The van der Waals surface area contributed by atoms with Gasteiger partial charge in [0.1, 0.15) is 5.75 Å². The van der Waals surface area contributed by atoms with Gasteiger partial charge in [0.2, 0.25) is 5.91 Å². The van der Waals surface area contributed by atoms with Gasteiger partial charge in [-0.1, -0.05) is 42.5 Å². The number of rotatable bonds is 6. The molecule has 1 unspecified atom stereocenters. The van der Waals surface area contributed by atoms with Crippen molar-refractivity contribution in [3.63, 3.8) is 0 Å². The van der Waals surface area contributed by atoms with Crippen molar-refractivity contribution in [1.82, 2.24) is 4.90 Å². The van der Waals surface area contributed by atoms with Crippen LogP contribution in [0.4, 0.5) is 0 Å². The molecule has 1 aliphatic carbocycles. The summed E-state index contributed by atoms with van der Waals surface area (Å²) in [5.74, 6) is 0.986. The fourth-order valence-corrected chi connectivity index (χ4v) is 3.35. The minimum Gasteiger partial charge on any atom is -0.493 e. The zero-order chi connectivity index (χ0) is 16.1. The lowest BCUT2D eigenvalue weighted by Gasteiger charge is -2.28. The van der Waals surface area contributed by atoms with Gasteiger partial charge in [0.25, 0.3) is 0 Å². The maximum Gasteiger partial charge on any atom is 0.226 e. The molecule has 0 aliphatic heterocycles. The van der Waals surface area contributed by atoms with E-state index in [-0.39, 0.29) is 11.9 Å². The highest BCUT2D eigenvalue weighted by molar-refractivity contribution is 5.77. The van der Waals surface area contributed by atoms with Gasteiger partial charge in [-0.05, 0) is 43.0 Å². The first-order chi connectivity index (χ1) is 11.3. The Morgan fingerprint density at radius 1 is 1.13 bits per heavy atom. The summed E-state index contributed by atoms with van der Waals surface area (Å²) in [5, 5.41) is 0. The highest BCUT2D eigenvalue weighted by Gasteiger charge is 2.29. The predicted molar refractivity (Wildman–Crippen MR) is 91.4 cm³/mol. The van der Waals surface area contributed by atoms with Crippen LogP contribution in [0.5, 0.6) is 5.75 Å². The molecule has 120 valence electrons. The molecular weight excluding hydrogens is 286 g/mol. The van der Waals surface area contributed by atoms with Crippen LogP contribution in [-0.2, 0) is 11.2 Å². The van der Waals surface area contributed by atoms with E-state index < -0.39 is 0 Å². The lowest BCUT2D eigenvalue weighted by molar-refractivity contribution is -0.134. The molecule has 0 bridgehead atoms. The number of fused-ring (bicyclic) bond motifs is 1. The van der Waals surface area contributed by atoms with Gasteiger partial charge in [-0.2, -0.15) is 0 Å². The Hall–Kier alpha value is -2.29. The predicted octanol–water partition coefficient (Wildman–Crippen LogP) is 3.99.